The standard InChI is InChI=1S/C14H14Cl3N3O/c15-14(16,17)13(21)20-7-5-9(6-8-20)12-18-10-3-1-2-4-11(10)19-12/h1-4,9H,5-8H2,(H,18,19). The minimum absolute atomic E-state index is 0.303. The van der Waals surface area contributed by atoms with E-state index >= 15 is 0 Å². The molecule has 21 heavy (non-hydrogen) atoms. The van der Waals surface area contributed by atoms with Gasteiger partial charge in [-0.05, 0) is 25.0 Å². The summed E-state index contributed by atoms with van der Waals surface area (Å²) in [7, 11) is 0. The van der Waals surface area contributed by atoms with Crippen LogP contribution in [0.25, 0.3) is 11.0 Å². The molecule has 0 unspecified atom stereocenters. The van der Waals surface area contributed by atoms with Crippen LogP contribution in [0.15, 0.2) is 24.3 Å². The zero-order chi connectivity index (χ0) is 15.0. The maximum Gasteiger partial charge on any atom is 0.274 e. The van der Waals surface area contributed by atoms with Crippen molar-refractivity contribution in [2.45, 2.75) is 22.6 Å². The number of halogens is 3. The lowest BCUT2D eigenvalue weighted by Gasteiger charge is -2.32. The van der Waals surface area contributed by atoms with Crippen LogP contribution in [-0.4, -0.2) is 37.7 Å². The molecule has 0 bridgehead atoms. The number of carbonyl (C=O) groups is 1. The molecule has 1 aliphatic heterocycles. The van der Waals surface area contributed by atoms with Gasteiger partial charge in [-0.25, -0.2) is 4.98 Å². The van der Waals surface area contributed by atoms with Crippen LogP contribution >= 0.6 is 34.8 Å². The van der Waals surface area contributed by atoms with E-state index in [1.807, 2.05) is 24.3 Å². The number of para-hydroxylation sites is 2. The molecule has 112 valence electrons. The Morgan fingerprint density at radius 2 is 1.90 bits per heavy atom. The van der Waals surface area contributed by atoms with Gasteiger partial charge in [-0.15, -0.1) is 0 Å². The third-order valence-electron chi connectivity index (χ3n) is 3.82. The maximum atomic E-state index is 11.9. The number of nitrogens with one attached hydrogen (secondary N) is 1. The number of nitrogens with zero attached hydrogens (tertiary/aromatic N) is 2. The monoisotopic (exact) mass is 345 g/mol. The molecule has 2 aromatic rings. The fraction of sp³-hybridized carbons (Fsp3) is 0.429. The number of benzene rings is 1. The van der Waals surface area contributed by atoms with Gasteiger partial charge in [0.1, 0.15) is 5.82 Å². The van der Waals surface area contributed by atoms with Gasteiger partial charge in [-0.1, -0.05) is 46.9 Å². The van der Waals surface area contributed by atoms with Gasteiger partial charge in [0.2, 0.25) is 0 Å². The molecule has 4 nitrogen and oxygen atoms in total. The summed E-state index contributed by atoms with van der Waals surface area (Å²) < 4.78 is -1.87. The second kappa shape index (κ2) is 5.67. The van der Waals surface area contributed by atoms with Crippen molar-refractivity contribution in [3.63, 3.8) is 0 Å². The number of H-pyrrole nitrogens is 1. The molecule has 0 aliphatic carbocycles. The quantitative estimate of drug-likeness (QED) is 0.801. The number of aromatic amines is 1. The SMILES string of the molecule is O=C(N1CCC(c2nc3ccccc3[nH]2)CC1)C(Cl)(Cl)Cl. The van der Waals surface area contributed by atoms with E-state index in [9.17, 15) is 4.79 Å². The summed E-state index contributed by atoms with van der Waals surface area (Å²) in [4.78, 5) is 21.5. The topological polar surface area (TPSA) is 49.0 Å². The number of piperidine rings is 1. The normalized spacial score (nSPS) is 17.4. The Morgan fingerprint density at radius 1 is 1.24 bits per heavy atom. The van der Waals surface area contributed by atoms with Crippen molar-refractivity contribution in [2.24, 2.45) is 0 Å². The Kier molecular flexibility index (Phi) is 4.04. The van der Waals surface area contributed by atoms with Crippen molar-refractivity contribution in [3.8, 4) is 0 Å². The highest BCUT2D eigenvalue weighted by Crippen LogP contribution is 2.33. The van der Waals surface area contributed by atoms with E-state index in [-0.39, 0.29) is 0 Å². The molecule has 1 saturated heterocycles. The predicted octanol–water partition coefficient (Wildman–Crippen LogP) is 3.64. The van der Waals surface area contributed by atoms with E-state index in [0.29, 0.717) is 19.0 Å². The number of amides is 1. The van der Waals surface area contributed by atoms with E-state index in [2.05, 4.69) is 9.97 Å². The second-order valence-corrected chi connectivity index (χ2v) is 7.48. The zero-order valence-electron chi connectivity index (χ0n) is 11.2. The van der Waals surface area contributed by atoms with Gasteiger partial charge in [-0.2, -0.15) is 0 Å². The van der Waals surface area contributed by atoms with Crippen molar-refractivity contribution < 1.29 is 4.79 Å². The highest BCUT2D eigenvalue weighted by molar-refractivity contribution is 6.76. The van der Waals surface area contributed by atoms with Crippen molar-refractivity contribution in [2.75, 3.05) is 13.1 Å². The molecular weight excluding hydrogens is 333 g/mol. The highest BCUT2D eigenvalue weighted by atomic mass is 35.6. The Balaban J connectivity index is 1.69. The number of hydrogen-bond acceptors (Lipinski definition) is 2. The van der Waals surface area contributed by atoms with E-state index in [4.69, 9.17) is 34.8 Å². The third-order valence-corrected chi connectivity index (χ3v) is 4.30. The second-order valence-electron chi connectivity index (χ2n) is 5.20. The summed E-state index contributed by atoms with van der Waals surface area (Å²) in [5.74, 6) is 0.824. The average molecular weight is 347 g/mol. The molecule has 0 atom stereocenters. The van der Waals surface area contributed by atoms with Crippen LogP contribution in [0.1, 0.15) is 24.6 Å². The number of carbonyl (C=O) groups excluding carboxylic acids is 1. The van der Waals surface area contributed by atoms with Crippen LogP contribution in [-0.2, 0) is 4.79 Å². The van der Waals surface area contributed by atoms with Gasteiger partial charge in [0, 0.05) is 19.0 Å². The number of fused-ring (bicyclic) bond motifs is 1. The van der Waals surface area contributed by atoms with Crippen LogP contribution in [0.3, 0.4) is 0 Å². The lowest BCUT2D eigenvalue weighted by atomic mass is 9.96. The van der Waals surface area contributed by atoms with Gasteiger partial charge in [0.15, 0.2) is 0 Å². The van der Waals surface area contributed by atoms with E-state index in [1.54, 1.807) is 4.90 Å². The first-order valence-corrected chi connectivity index (χ1v) is 7.89. The third kappa shape index (κ3) is 3.12. The van der Waals surface area contributed by atoms with Crippen LogP contribution in [0.2, 0.25) is 0 Å². The molecule has 1 N–H and O–H groups in total. The summed E-state index contributed by atoms with van der Waals surface area (Å²) in [5.41, 5.74) is 2.00. The minimum Gasteiger partial charge on any atom is -0.342 e. The summed E-state index contributed by atoms with van der Waals surface area (Å²) in [6.45, 7) is 1.16. The highest BCUT2D eigenvalue weighted by Gasteiger charge is 2.37. The molecule has 1 fully saturated rings. The number of likely N-dealkylation sites (tertiary alicyclic amines) is 1. The summed E-state index contributed by atoms with van der Waals surface area (Å²) in [5, 5.41) is 0. The lowest BCUT2D eigenvalue weighted by Crippen LogP contribution is -2.43. The molecule has 2 heterocycles. The molecule has 7 heteroatoms. The molecule has 1 aliphatic rings. The van der Waals surface area contributed by atoms with Crippen molar-refractivity contribution in [1.82, 2.24) is 14.9 Å². The Hall–Kier alpha value is -0.970. The van der Waals surface area contributed by atoms with Crippen LogP contribution in [0, 0.1) is 0 Å². The fourth-order valence-electron chi connectivity index (χ4n) is 2.70. The molecule has 0 radical (unpaired) electrons. The van der Waals surface area contributed by atoms with Crippen molar-refractivity contribution in [1.29, 1.82) is 0 Å². The summed E-state index contributed by atoms with van der Waals surface area (Å²) in [6.07, 6.45) is 1.62. The van der Waals surface area contributed by atoms with E-state index in [0.717, 1.165) is 29.7 Å². The minimum atomic E-state index is -1.87. The van der Waals surface area contributed by atoms with Crippen LogP contribution in [0.4, 0.5) is 0 Å². The number of imidazole rings is 1. The largest absolute Gasteiger partial charge is 0.342 e. The van der Waals surface area contributed by atoms with Gasteiger partial charge < -0.3 is 9.88 Å². The van der Waals surface area contributed by atoms with E-state index in [1.165, 1.54) is 0 Å². The molecular formula is C14H14Cl3N3O. The Labute approximate surface area is 137 Å². The smallest absolute Gasteiger partial charge is 0.274 e. The molecule has 0 saturated carbocycles. The van der Waals surface area contributed by atoms with Gasteiger partial charge in [0.05, 0.1) is 11.0 Å². The summed E-state index contributed by atoms with van der Waals surface area (Å²) in [6, 6.07) is 7.94. The fourth-order valence-corrected chi connectivity index (χ4v) is 3.06. The number of aromatic nitrogens is 2. The Bertz CT molecular complexity index is 624. The number of rotatable bonds is 1. The number of hydrogen-bond donors (Lipinski definition) is 1. The zero-order valence-corrected chi connectivity index (χ0v) is 13.4. The van der Waals surface area contributed by atoms with Crippen molar-refractivity contribution in [3.05, 3.63) is 30.1 Å². The van der Waals surface area contributed by atoms with Crippen LogP contribution in [0.5, 0.6) is 0 Å². The first-order valence-electron chi connectivity index (χ1n) is 6.76. The maximum absolute atomic E-state index is 11.9. The van der Waals surface area contributed by atoms with Gasteiger partial charge in [0.25, 0.3) is 9.70 Å². The molecule has 1 aromatic heterocycles. The number of alkyl halides is 3. The van der Waals surface area contributed by atoms with E-state index < -0.39 is 9.70 Å². The van der Waals surface area contributed by atoms with Gasteiger partial charge >= 0.3 is 0 Å². The first kappa shape index (κ1) is 14.9. The first-order chi connectivity index (χ1) is 9.95. The molecule has 1 amide bonds. The predicted molar refractivity (Wildman–Crippen MR) is 84.9 cm³/mol. The lowest BCUT2D eigenvalue weighted by molar-refractivity contribution is -0.131. The van der Waals surface area contributed by atoms with Crippen LogP contribution < -0.4 is 0 Å². The Morgan fingerprint density at radius 3 is 2.52 bits per heavy atom. The average Bonchev–Trinajstić information content (AvgIpc) is 2.89. The summed E-state index contributed by atoms with van der Waals surface area (Å²) >= 11 is 16.9. The molecule has 0 spiro atoms. The molecule has 1 aromatic carbocycles. The van der Waals surface area contributed by atoms with Crippen molar-refractivity contribution >= 4 is 51.7 Å². The molecule has 3 rings (SSSR count). The van der Waals surface area contributed by atoms with Gasteiger partial charge in [-0.3, -0.25) is 4.79 Å².